The first-order chi connectivity index (χ1) is 5.52. The summed E-state index contributed by atoms with van der Waals surface area (Å²) in [6.45, 7) is 1.67. The minimum atomic E-state index is -1.18. The molecule has 1 N–H and O–H groups in total. The molecule has 0 amide bonds. The quantitative estimate of drug-likeness (QED) is 0.717. The lowest BCUT2D eigenvalue weighted by atomic mass is 10.2. The molecule has 0 aliphatic heterocycles. The number of carbonyl (C=O) groups is 1. The highest BCUT2D eigenvalue weighted by Crippen LogP contribution is 2.21. The van der Waals surface area contributed by atoms with Gasteiger partial charge >= 0.3 is 5.97 Å². The zero-order valence-electron chi connectivity index (χ0n) is 6.14. The Hall–Kier alpha value is -0.800. The molecule has 1 aromatic heterocycles. The molecule has 0 spiro atoms. The second-order valence-corrected chi connectivity index (χ2v) is 2.99. The van der Waals surface area contributed by atoms with Crippen LogP contribution in [0.4, 0.5) is 0 Å². The van der Waals surface area contributed by atoms with Gasteiger partial charge in [-0.05, 0) is 18.6 Å². The van der Waals surface area contributed by atoms with Gasteiger partial charge in [0.25, 0.3) is 0 Å². The molecule has 1 aromatic rings. The first-order valence-corrected chi connectivity index (χ1v) is 3.84. The van der Waals surface area contributed by atoms with Gasteiger partial charge in [0.15, 0.2) is 5.69 Å². The molecule has 0 radical (unpaired) electrons. The van der Waals surface area contributed by atoms with Gasteiger partial charge < -0.3 is 5.11 Å². The maximum atomic E-state index is 10.5. The number of carboxylic acids is 1. The number of carboxylic acid groups (broad SMARTS) is 1. The molecule has 3 nitrogen and oxygen atoms in total. The molecule has 1 rings (SSSR count). The van der Waals surface area contributed by atoms with E-state index in [2.05, 4.69) is 4.98 Å². The summed E-state index contributed by atoms with van der Waals surface area (Å²) in [5.74, 6) is -1.18. The third-order valence-corrected chi connectivity index (χ3v) is 1.98. The Bertz CT molecular complexity index is 338. The average molecular weight is 206 g/mol. The zero-order chi connectivity index (χ0) is 9.30. The summed E-state index contributed by atoms with van der Waals surface area (Å²) in [6.07, 6.45) is 0. The Labute approximate surface area is 78.9 Å². The van der Waals surface area contributed by atoms with E-state index in [4.69, 9.17) is 28.3 Å². The molecular weight excluding hydrogens is 201 g/mol. The molecule has 1 heterocycles. The van der Waals surface area contributed by atoms with Crippen LogP contribution >= 0.6 is 23.2 Å². The summed E-state index contributed by atoms with van der Waals surface area (Å²) in [5, 5.41) is 8.87. The summed E-state index contributed by atoms with van der Waals surface area (Å²) in [5.41, 5.74) is 0.399. The van der Waals surface area contributed by atoms with Crippen LogP contribution in [-0.2, 0) is 0 Å². The maximum Gasteiger partial charge on any atom is 0.356 e. The predicted molar refractivity (Wildman–Crippen MR) is 46.0 cm³/mol. The van der Waals surface area contributed by atoms with Crippen molar-refractivity contribution in [2.24, 2.45) is 0 Å². The summed E-state index contributed by atoms with van der Waals surface area (Å²) >= 11 is 11.2. The van der Waals surface area contributed by atoms with Crippen LogP contribution in [-0.4, -0.2) is 16.1 Å². The van der Waals surface area contributed by atoms with Crippen LogP contribution in [0.1, 0.15) is 16.1 Å². The van der Waals surface area contributed by atoms with Crippen LogP contribution in [0.2, 0.25) is 10.2 Å². The summed E-state index contributed by atoms with van der Waals surface area (Å²) in [4.78, 5) is 14.1. The van der Waals surface area contributed by atoms with Crippen molar-refractivity contribution in [3.05, 3.63) is 27.5 Å². The number of halogens is 2. The van der Waals surface area contributed by atoms with Crippen molar-refractivity contribution < 1.29 is 9.90 Å². The van der Waals surface area contributed by atoms with Gasteiger partial charge in [-0.15, -0.1) is 0 Å². The van der Waals surface area contributed by atoms with Crippen molar-refractivity contribution in [1.29, 1.82) is 0 Å². The van der Waals surface area contributed by atoms with Gasteiger partial charge in [0.1, 0.15) is 5.15 Å². The first-order valence-electron chi connectivity index (χ1n) is 3.08. The molecule has 5 heteroatoms. The number of aryl methyl sites for hydroxylation is 1. The second kappa shape index (κ2) is 3.29. The lowest BCUT2D eigenvalue weighted by molar-refractivity contribution is 0.0690. The Morgan fingerprint density at radius 3 is 2.67 bits per heavy atom. The zero-order valence-corrected chi connectivity index (χ0v) is 7.65. The van der Waals surface area contributed by atoms with Gasteiger partial charge in [0.05, 0.1) is 5.02 Å². The molecule has 0 aromatic carbocycles. The van der Waals surface area contributed by atoms with E-state index in [-0.39, 0.29) is 15.9 Å². The van der Waals surface area contributed by atoms with E-state index in [9.17, 15) is 4.79 Å². The summed E-state index contributed by atoms with van der Waals surface area (Å²) < 4.78 is 0. The molecule has 0 unspecified atom stereocenters. The maximum absolute atomic E-state index is 10.5. The fourth-order valence-corrected chi connectivity index (χ4v) is 1.18. The first kappa shape index (κ1) is 9.29. The van der Waals surface area contributed by atoms with Crippen molar-refractivity contribution in [3.63, 3.8) is 0 Å². The van der Waals surface area contributed by atoms with Crippen molar-refractivity contribution in [2.75, 3.05) is 0 Å². The molecule has 12 heavy (non-hydrogen) atoms. The fraction of sp³-hybridized carbons (Fsp3) is 0.143. The van der Waals surface area contributed by atoms with Crippen LogP contribution < -0.4 is 0 Å². The van der Waals surface area contributed by atoms with Gasteiger partial charge in [-0.3, -0.25) is 0 Å². The van der Waals surface area contributed by atoms with Crippen molar-refractivity contribution in [1.82, 2.24) is 4.98 Å². The Kier molecular flexibility index (Phi) is 2.55. The topological polar surface area (TPSA) is 50.2 Å². The molecule has 0 saturated carbocycles. The van der Waals surface area contributed by atoms with Crippen LogP contribution in [0.25, 0.3) is 0 Å². The highest BCUT2D eigenvalue weighted by Gasteiger charge is 2.13. The van der Waals surface area contributed by atoms with E-state index in [1.54, 1.807) is 6.92 Å². The van der Waals surface area contributed by atoms with Crippen LogP contribution in [0.15, 0.2) is 6.07 Å². The third-order valence-electron chi connectivity index (χ3n) is 1.31. The normalized spacial score (nSPS) is 9.92. The van der Waals surface area contributed by atoms with E-state index >= 15 is 0 Å². The molecule has 0 bridgehead atoms. The van der Waals surface area contributed by atoms with Gasteiger partial charge in [-0.1, -0.05) is 23.2 Å². The standard InChI is InChI=1S/C7H5Cl2NO2/c1-3-2-4(8)10-6(5(3)9)7(11)12/h2H,1H3,(H,11,12). The van der Waals surface area contributed by atoms with E-state index in [1.165, 1.54) is 6.07 Å². The Balaban J connectivity index is 3.37. The third kappa shape index (κ3) is 1.68. The number of aromatic nitrogens is 1. The Morgan fingerprint density at radius 2 is 2.17 bits per heavy atom. The number of aromatic carboxylic acids is 1. The van der Waals surface area contributed by atoms with E-state index in [1.807, 2.05) is 0 Å². The largest absolute Gasteiger partial charge is 0.476 e. The van der Waals surface area contributed by atoms with Gasteiger partial charge in [-0.2, -0.15) is 0 Å². The van der Waals surface area contributed by atoms with Crippen LogP contribution in [0, 0.1) is 6.92 Å². The highest BCUT2D eigenvalue weighted by molar-refractivity contribution is 6.35. The van der Waals surface area contributed by atoms with Crippen molar-refractivity contribution >= 4 is 29.2 Å². The molecule has 0 atom stereocenters. The fourth-order valence-electron chi connectivity index (χ4n) is 0.759. The van der Waals surface area contributed by atoms with Gasteiger partial charge in [0, 0.05) is 0 Å². The lowest BCUT2D eigenvalue weighted by Gasteiger charge is -2.01. The summed E-state index contributed by atoms with van der Waals surface area (Å²) in [7, 11) is 0. The molecular formula is C7H5Cl2NO2. The van der Waals surface area contributed by atoms with E-state index < -0.39 is 5.97 Å². The number of hydrogen-bond acceptors (Lipinski definition) is 2. The molecule has 0 aliphatic carbocycles. The van der Waals surface area contributed by atoms with Crippen LogP contribution in [0.3, 0.4) is 0 Å². The lowest BCUT2D eigenvalue weighted by Crippen LogP contribution is -2.02. The predicted octanol–water partition coefficient (Wildman–Crippen LogP) is 2.40. The molecule has 0 saturated heterocycles. The molecule has 0 aliphatic rings. The van der Waals surface area contributed by atoms with Gasteiger partial charge in [-0.25, -0.2) is 9.78 Å². The molecule has 64 valence electrons. The summed E-state index contributed by atoms with van der Waals surface area (Å²) in [6, 6.07) is 1.51. The average Bonchev–Trinajstić information content (AvgIpc) is 1.96. The van der Waals surface area contributed by atoms with E-state index in [0.29, 0.717) is 5.56 Å². The van der Waals surface area contributed by atoms with E-state index in [0.717, 1.165) is 0 Å². The smallest absolute Gasteiger partial charge is 0.356 e. The van der Waals surface area contributed by atoms with Crippen molar-refractivity contribution in [3.8, 4) is 0 Å². The second-order valence-electron chi connectivity index (χ2n) is 2.23. The number of hydrogen-bond donors (Lipinski definition) is 1. The number of pyridine rings is 1. The number of rotatable bonds is 1. The van der Waals surface area contributed by atoms with Crippen LogP contribution in [0.5, 0.6) is 0 Å². The number of nitrogens with zero attached hydrogens (tertiary/aromatic N) is 1. The van der Waals surface area contributed by atoms with Crippen molar-refractivity contribution in [2.45, 2.75) is 6.92 Å². The highest BCUT2D eigenvalue weighted by atomic mass is 35.5. The SMILES string of the molecule is Cc1cc(Cl)nc(C(=O)O)c1Cl. The molecule has 0 fully saturated rings. The van der Waals surface area contributed by atoms with Gasteiger partial charge in [0.2, 0.25) is 0 Å². The minimum absolute atomic E-state index is 0.131. The minimum Gasteiger partial charge on any atom is -0.476 e. The monoisotopic (exact) mass is 205 g/mol. The Morgan fingerprint density at radius 1 is 1.58 bits per heavy atom.